The Balaban J connectivity index is 1.72. The zero-order chi connectivity index (χ0) is 19.8. The maximum Gasteiger partial charge on any atom is 0.410 e. The fourth-order valence-corrected chi connectivity index (χ4v) is 3.13. The Morgan fingerprint density at radius 3 is 2.48 bits per heavy atom. The highest BCUT2D eigenvalue weighted by Crippen LogP contribution is 2.42. The first-order valence-corrected chi connectivity index (χ1v) is 8.91. The number of para-hydroxylation sites is 1. The minimum atomic E-state index is -0.554. The number of carbonyl (C=O) groups excluding carboxylic acids is 1. The summed E-state index contributed by atoms with van der Waals surface area (Å²) in [5.74, 6) is -0.0507. The lowest BCUT2D eigenvalue weighted by molar-refractivity contribution is -0.385. The van der Waals surface area contributed by atoms with E-state index in [1.807, 2.05) is 51.1 Å². The molecule has 0 spiro atoms. The summed E-state index contributed by atoms with van der Waals surface area (Å²) >= 11 is 0. The van der Waals surface area contributed by atoms with Gasteiger partial charge < -0.3 is 9.64 Å². The van der Waals surface area contributed by atoms with Crippen LogP contribution in [0.3, 0.4) is 0 Å². The van der Waals surface area contributed by atoms with E-state index in [1.54, 1.807) is 16.6 Å². The van der Waals surface area contributed by atoms with E-state index in [0.717, 1.165) is 5.69 Å². The number of benzene rings is 1. The number of ether oxygens (including phenoxy) is 1. The lowest BCUT2D eigenvalue weighted by atomic mass is 9.77. The summed E-state index contributed by atoms with van der Waals surface area (Å²) in [5.41, 5.74) is 0.704. The molecule has 1 aromatic carbocycles. The molecule has 0 unspecified atom stereocenters. The van der Waals surface area contributed by atoms with Gasteiger partial charge in [0, 0.05) is 19.0 Å². The molecule has 0 atom stereocenters. The molecular formula is C19H24N4O4. The quantitative estimate of drug-likeness (QED) is 0.600. The van der Waals surface area contributed by atoms with Gasteiger partial charge in [-0.15, -0.1) is 0 Å². The Morgan fingerprint density at radius 2 is 1.93 bits per heavy atom. The second kappa shape index (κ2) is 7.02. The van der Waals surface area contributed by atoms with Crippen molar-refractivity contribution in [3.63, 3.8) is 0 Å². The van der Waals surface area contributed by atoms with Crippen LogP contribution in [-0.4, -0.2) is 44.4 Å². The second-order valence-electron chi connectivity index (χ2n) is 7.85. The molecule has 0 saturated heterocycles. The molecule has 0 bridgehead atoms. The van der Waals surface area contributed by atoms with Crippen LogP contribution in [0.25, 0.3) is 5.69 Å². The van der Waals surface area contributed by atoms with Gasteiger partial charge in [-0.3, -0.25) is 10.1 Å². The van der Waals surface area contributed by atoms with E-state index in [9.17, 15) is 14.9 Å². The normalized spacial score (nSPS) is 19.3. The Morgan fingerprint density at radius 1 is 1.30 bits per heavy atom. The summed E-state index contributed by atoms with van der Waals surface area (Å²) in [6, 6.07) is 9.29. The highest BCUT2D eigenvalue weighted by molar-refractivity contribution is 5.68. The maximum atomic E-state index is 12.2. The van der Waals surface area contributed by atoms with Crippen LogP contribution >= 0.6 is 0 Å². The molecule has 1 aliphatic rings. The summed E-state index contributed by atoms with van der Waals surface area (Å²) in [6.45, 7) is 5.46. The first-order valence-electron chi connectivity index (χ1n) is 8.91. The van der Waals surface area contributed by atoms with Crippen LogP contribution < -0.4 is 0 Å². The van der Waals surface area contributed by atoms with Crippen molar-refractivity contribution in [2.24, 2.45) is 0 Å². The van der Waals surface area contributed by atoms with Crippen LogP contribution in [0.5, 0.6) is 0 Å². The van der Waals surface area contributed by atoms with E-state index in [0.29, 0.717) is 18.5 Å². The largest absolute Gasteiger partial charge is 0.444 e. The predicted molar refractivity (Wildman–Crippen MR) is 100.0 cm³/mol. The third-order valence-corrected chi connectivity index (χ3v) is 4.67. The van der Waals surface area contributed by atoms with Crippen molar-refractivity contribution in [3.8, 4) is 5.69 Å². The molecule has 144 valence electrons. The van der Waals surface area contributed by atoms with Gasteiger partial charge in [-0.05, 0) is 45.7 Å². The first-order chi connectivity index (χ1) is 12.7. The van der Waals surface area contributed by atoms with Gasteiger partial charge in [0.15, 0.2) is 0 Å². The van der Waals surface area contributed by atoms with Gasteiger partial charge in [0.1, 0.15) is 17.5 Å². The zero-order valence-corrected chi connectivity index (χ0v) is 16.0. The van der Waals surface area contributed by atoms with E-state index in [1.165, 1.54) is 6.20 Å². The SMILES string of the molecule is CN(C(=O)OC(C)(C)C)C1CC(c2nn(-c3ccccc3)cc2[N+](=O)[O-])C1. The van der Waals surface area contributed by atoms with Gasteiger partial charge in [0.25, 0.3) is 0 Å². The number of amides is 1. The van der Waals surface area contributed by atoms with Crippen molar-refractivity contribution in [1.29, 1.82) is 0 Å². The summed E-state index contributed by atoms with van der Waals surface area (Å²) < 4.78 is 6.92. The molecular weight excluding hydrogens is 348 g/mol. The van der Waals surface area contributed by atoms with Crippen molar-refractivity contribution in [2.45, 2.75) is 51.2 Å². The number of hydrogen-bond donors (Lipinski definition) is 0. The van der Waals surface area contributed by atoms with Crippen molar-refractivity contribution in [1.82, 2.24) is 14.7 Å². The lowest BCUT2D eigenvalue weighted by Gasteiger charge is -2.40. The smallest absolute Gasteiger partial charge is 0.410 e. The number of nitrogens with zero attached hydrogens (tertiary/aromatic N) is 4. The van der Waals surface area contributed by atoms with Crippen molar-refractivity contribution < 1.29 is 14.5 Å². The van der Waals surface area contributed by atoms with Crippen LogP contribution in [0.2, 0.25) is 0 Å². The summed E-state index contributed by atoms with van der Waals surface area (Å²) in [6.07, 6.45) is 2.33. The summed E-state index contributed by atoms with van der Waals surface area (Å²) in [5, 5.41) is 15.9. The van der Waals surface area contributed by atoms with Gasteiger partial charge in [0.05, 0.1) is 10.6 Å². The van der Waals surface area contributed by atoms with Crippen molar-refractivity contribution in [2.75, 3.05) is 7.05 Å². The van der Waals surface area contributed by atoms with Crippen molar-refractivity contribution >= 4 is 11.8 Å². The standard InChI is InChI=1S/C19H24N4O4/c1-19(2,3)27-18(24)21(4)15-10-13(11-15)17-16(23(25)26)12-22(20-17)14-8-6-5-7-9-14/h5-9,12-13,15H,10-11H2,1-4H3. The van der Waals surface area contributed by atoms with Crippen LogP contribution in [0, 0.1) is 10.1 Å². The molecule has 1 aromatic heterocycles. The minimum Gasteiger partial charge on any atom is -0.444 e. The Kier molecular flexibility index (Phi) is 4.91. The Hall–Kier alpha value is -2.90. The van der Waals surface area contributed by atoms with Gasteiger partial charge in [-0.25, -0.2) is 9.48 Å². The van der Waals surface area contributed by atoms with Crippen LogP contribution in [0.1, 0.15) is 45.2 Å². The first kappa shape index (κ1) is 18.9. The zero-order valence-electron chi connectivity index (χ0n) is 16.0. The van der Waals surface area contributed by atoms with Gasteiger partial charge in [-0.1, -0.05) is 18.2 Å². The molecule has 1 heterocycles. The van der Waals surface area contributed by atoms with E-state index in [2.05, 4.69) is 5.10 Å². The molecule has 1 aliphatic carbocycles. The minimum absolute atomic E-state index is 0.00803. The molecule has 3 rings (SSSR count). The number of carbonyl (C=O) groups is 1. The highest BCUT2D eigenvalue weighted by Gasteiger charge is 2.41. The fourth-order valence-electron chi connectivity index (χ4n) is 3.13. The van der Waals surface area contributed by atoms with E-state index in [4.69, 9.17) is 4.74 Å². The maximum absolute atomic E-state index is 12.2. The van der Waals surface area contributed by atoms with Gasteiger partial charge in [-0.2, -0.15) is 5.10 Å². The average Bonchev–Trinajstić information content (AvgIpc) is 2.98. The molecule has 0 N–H and O–H groups in total. The average molecular weight is 372 g/mol. The molecule has 2 aromatic rings. The Bertz CT molecular complexity index is 835. The number of aromatic nitrogens is 2. The van der Waals surface area contributed by atoms with Crippen LogP contribution in [0.15, 0.2) is 36.5 Å². The molecule has 8 heteroatoms. The van der Waals surface area contributed by atoms with Crippen molar-refractivity contribution in [3.05, 3.63) is 52.3 Å². The molecule has 1 fully saturated rings. The van der Waals surface area contributed by atoms with E-state index >= 15 is 0 Å². The molecule has 8 nitrogen and oxygen atoms in total. The molecule has 0 radical (unpaired) electrons. The lowest BCUT2D eigenvalue weighted by Crippen LogP contribution is -2.46. The molecule has 1 saturated carbocycles. The fraction of sp³-hybridized carbons (Fsp3) is 0.474. The highest BCUT2D eigenvalue weighted by atomic mass is 16.6. The van der Waals surface area contributed by atoms with Gasteiger partial charge in [0.2, 0.25) is 0 Å². The van der Waals surface area contributed by atoms with Crippen LogP contribution in [0.4, 0.5) is 10.5 Å². The third-order valence-electron chi connectivity index (χ3n) is 4.67. The third kappa shape index (κ3) is 4.10. The number of nitro groups is 1. The predicted octanol–water partition coefficient (Wildman–Crippen LogP) is 3.89. The second-order valence-corrected chi connectivity index (χ2v) is 7.85. The van der Waals surface area contributed by atoms with Crippen LogP contribution in [-0.2, 0) is 4.74 Å². The van der Waals surface area contributed by atoms with Gasteiger partial charge >= 0.3 is 11.8 Å². The topological polar surface area (TPSA) is 90.5 Å². The summed E-state index contributed by atoms with van der Waals surface area (Å²) in [4.78, 5) is 24.8. The molecule has 1 amide bonds. The monoisotopic (exact) mass is 372 g/mol. The van der Waals surface area contributed by atoms with E-state index in [-0.39, 0.29) is 23.7 Å². The molecule has 27 heavy (non-hydrogen) atoms. The molecule has 0 aliphatic heterocycles. The summed E-state index contributed by atoms with van der Waals surface area (Å²) in [7, 11) is 1.70. The van der Waals surface area contributed by atoms with E-state index < -0.39 is 10.5 Å². The Labute approximate surface area is 157 Å². The number of rotatable bonds is 4. The number of hydrogen-bond acceptors (Lipinski definition) is 5.